The van der Waals surface area contributed by atoms with Crippen molar-refractivity contribution < 1.29 is 4.39 Å². The molecule has 110 valence electrons. The third-order valence-corrected chi connectivity index (χ3v) is 3.52. The van der Waals surface area contributed by atoms with Crippen LogP contribution >= 0.6 is 23.8 Å². The monoisotopic (exact) mass is 322 g/mol. The van der Waals surface area contributed by atoms with Crippen LogP contribution in [-0.2, 0) is 13.0 Å². The Kier molecular flexibility index (Phi) is 5.96. The smallest absolute Gasteiger partial charge is 0.166 e. The molecule has 0 heterocycles. The Morgan fingerprint density at radius 3 is 2.24 bits per heavy atom. The summed E-state index contributed by atoms with van der Waals surface area (Å²) >= 11 is 11.0. The normalized spacial score (nSPS) is 10.2. The van der Waals surface area contributed by atoms with E-state index in [1.807, 2.05) is 24.3 Å². The summed E-state index contributed by atoms with van der Waals surface area (Å²) in [5, 5.41) is 7.56. The summed E-state index contributed by atoms with van der Waals surface area (Å²) in [4.78, 5) is 0. The van der Waals surface area contributed by atoms with Gasteiger partial charge in [0.1, 0.15) is 5.82 Å². The van der Waals surface area contributed by atoms with Crippen LogP contribution in [0.4, 0.5) is 4.39 Å². The molecule has 2 N–H and O–H groups in total. The van der Waals surface area contributed by atoms with E-state index >= 15 is 0 Å². The maximum Gasteiger partial charge on any atom is 0.166 e. The molecule has 0 aliphatic heterocycles. The Morgan fingerprint density at radius 1 is 0.952 bits per heavy atom. The Bertz CT molecular complexity index is 584. The van der Waals surface area contributed by atoms with E-state index in [1.54, 1.807) is 12.1 Å². The zero-order valence-electron chi connectivity index (χ0n) is 11.4. The summed E-state index contributed by atoms with van der Waals surface area (Å²) < 4.78 is 12.8. The minimum atomic E-state index is -0.234. The van der Waals surface area contributed by atoms with Crippen LogP contribution in [0.2, 0.25) is 5.02 Å². The molecule has 2 nitrogen and oxygen atoms in total. The van der Waals surface area contributed by atoms with Crippen LogP contribution < -0.4 is 10.6 Å². The molecule has 0 bridgehead atoms. The Labute approximate surface area is 134 Å². The number of hydrogen-bond acceptors (Lipinski definition) is 1. The lowest BCUT2D eigenvalue weighted by Crippen LogP contribution is -2.35. The molecule has 0 aromatic heterocycles. The molecule has 5 heteroatoms. The Hall–Kier alpha value is -1.65. The van der Waals surface area contributed by atoms with Gasteiger partial charge in [-0.1, -0.05) is 35.9 Å². The van der Waals surface area contributed by atoms with Crippen LogP contribution in [-0.4, -0.2) is 11.7 Å². The second-order valence-electron chi connectivity index (χ2n) is 4.61. The number of hydrogen-bond donors (Lipinski definition) is 2. The molecule has 0 saturated heterocycles. The quantitative estimate of drug-likeness (QED) is 0.821. The molecular formula is C16H16ClFN2S. The van der Waals surface area contributed by atoms with Gasteiger partial charge in [-0.25, -0.2) is 4.39 Å². The highest BCUT2D eigenvalue weighted by Crippen LogP contribution is 2.09. The second-order valence-corrected chi connectivity index (χ2v) is 5.46. The van der Waals surface area contributed by atoms with E-state index in [0.29, 0.717) is 11.7 Å². The first-order chi connectivity index (χ1) is 10.1. The van der Waals surface area contributed by atoms with Gasteiger partial charge < -0.3 is 10.6 Å². The molecule has 0 amide bonds. The molecule has 0 fully saturated rings. The summed E-state index contributed by atoms with van der Waals surface area (Å²) in [7, 11) is 0. The van der Waals surface area contributed by atoms with E-state index in [0.717, 1.165) is 23.6 Å². The molecule has 0 saturated carbocycles. The maximum absolute atomic E-state index is 12.8. The van der Waals surface area contributed by atoms with Crippen molar-refractivity contribution in [3.05, 3.63) is 70.5 Å². The summed E-state index contributed by atoms with van der Waals surface area (Å²) in [6.07, 6.45) is 0.871. The highest BCUT2D eigenvalue weighted by atomic mass is 35.5. The molecule has 0 aliphatic rings. The third kappa shape index (κ3) is 5.69. The number of halogens is 2. The molecule has 0 radical (unpaired) electrons. The molecule has 0 atom stereocenters. The third-order valence-electron chi connectivity index (χ3n) is 2.98. The fourth-order valence-corrected chi connectivity index (χ4v) is 2.12. The molecule has 2 aromatic carbocycles. The van der Waals surface area contributed by atoms with Crippen LogP contribution in [0, 0.1) is 5.82 Å². The summed E-state index contributed by atoms with van der Waals surface area (Å²) in [5.41, 5.74) is 2.19. The van der Waals surface area contributed by atoms with Crippen molar-refractivity contribution in [1.82, 2.24) is 10.6 Å². The van der Waals surface area contributed by atoms with E-state index in [-0.39, 0.29) is 5.82 Å². The van der Waals surface area contributed by atoms with Crippen molar-refractivity contribution >= 4 is 28.9 Å². The first kappa shape index (κ1) is 15.7. The molecular weight excluding hydrogens is 307 g/mol. The molecule has 2 rings (SSSR count). The lowest BCUT2D eigenvalue weighted by molar-refractivity contribution is 0.626. The largest absolute Gasteiger partial charge is 0.362 e. The fourth-order valence-electron chi connectivity index (χ4n) is 1.82. The Morgan fingerprint density at radius 2 is 1.57 bits per heavy atom. The summed E-state index contributed by atoms with van der Waals surface area (Å²) in [6, 6.07) is 14.1. The van der Waals surface area contributed by atoms with E-state index < -0.39 is 0 Å². The standard InChI is InChI=1S/C16H16ClFN2S/c17-14-5-1-12(2-6-14)9-10-19-16(21)20-11-13-3-7-15(18)8-4-13/h1-8H,9-11H2,(H2,19,20,21). The van der Waals surface area contributed by atoms with Gasteiger partial charge in [-0.05, 0) is 54.0 Å². The first-order valence-corrected chi connectivity index (χ1v) is 7.43. The van der Waals surface area contributed by atoms with Gasteiger partial charge in [0.2, 0.25) is 0 Å². The topological polar surface area (TPSA) is 24.1 Å². The van der Waals surface area contributed by atoms with Crippen molar-refractivity contribution in [2.24, 2.45) is 0 Å². The van der Waals surface area contributed by atoms with Crippen LogP contribution in [0.3, 0.4) is 0 Å². The van der Waals surface area contributed by atoms with Crippen molar-refractivity contribution in [2.75, 3.05) is 6.54 Å². The van der Waals surface area contributed by atoms with Crippen molar-refractivity contribution in [3.8, 4) is 0 Å². The van der Waals surface area contributed by atoms with Gasteiger partial charge in [0.25, 0.3) is 0 Å². The first-order valence-electron chi connectivity index (χ1n) is 6.64. The number of benzene rings is 2. The van der Waals surface area contributed by atoms with E-state index in [9.17, 15) is 4.39 Å². The van der Waals surface area contributed by atoms with Gasteiger partial charge in [-0.3, -0.25) is 0 Å². The van der Waals surface area contributed by atoms with Crippen LogP contribution in [0.1, 0.15) is 11.1 Å². The lowest BCUT2D eigenvalue weighted by atomic mass is 10.1. The van der Waals surface area contributed by atoms with Gasteiger partial charge in [-0.2, -0.15) is 0 Å². The minimum Gasteiger partial charge on any atom is -0.362 e. The maximum atomic E-state index is 12.8. The average Bonchev–Trinajstić information content (AvgIpc) is 2.49. The second kappa shape index (κ2) is 7.96. The van der Waals surface area contributed by atoms with Crippen LogP contribution in [0.25, 0.3) is 0 Å². The van der Waals surface area contributed by atoms with E-state index in [1.165, 1.54) is 17.7 Å². The van der Waals surface area contributed by atoms with Gasteiger partial charge in [0.05, 0.1) is 0 Å². The number of thiocarbonyl (C=S) groups is 1. The van der Waals surface area contributed by atoms with Gasteiger partial charge in [0, 0.05) is 18.1 Å². The predicted octanol–water partition coefficient (Wildman–Crippen LogP) is 3.69. The van der Waals surface area contributed by atoms with Crippen LogP contribution in [0.15, 0.2) is 48.5 Å². The predicted molar refractivity (Wildman–Crippen MR) is 89.0 cm³/mol. The Balaban J connectivity index is 1.67. The fraction of sp³-hybridized carbons (Fsp3) is 0.188. The summed E-state index contributed by atoms with van der Waals surface area (Å²) in [6.45, 7) is 1.32. The van der Waals surface area contributed by atoms with Gasteiger partial charge >= 0.3 is 0 Å². The highest BCUT2D eigenvalue weighted by molar-refractivity contribution is 7.80. The lowest BCUT2D eigenvalue weighted by Gasteiger charge is -2.10. The van der Waals surface area contributed by atoms with Gasteiger partial charge in [-0.15, -0.1) is 0 Å². The highest BCUT2D eigenvalue weighted by Gasteiger charge is 1.98. The van der Waals surface area contributed by atoms with Crippen molar-refractivity contribution in [2.45, 2.75) is 13.0 Å². The van der Waals surface area contributed by atoms with E-state index in [4.69, 9.17) is 23.8 Å². The van der Waals surface area contributed by atoms with E-state index in [2.05, 4.69) is 10.6 Å². The molecule has 2 aromatic rings. The number of rotatable bonds is 5. The molecule has 0 aliphatic carbocycles. The average molecular weight is 323 g/mol. The van der Waals surface area contributed by atoms with Crippen LogP contribution in [0.5, 0.6) is 0 Å². The molecule has 0 unspecified atom stereocenters. The van der Waals surface area contributed by atoms with Crippen molar-refractivity contribution in [3.63, 3.8) is 0 Å². The molecule has 21 heavy (non-hydrogen) atoms. The zero-order chi connectivity index (χ0) is 15.1. The summed E-state index contributed by atoms with van der Waals surface area (Å²) in [5.74, 6) is -0.234. The SMILES string of the molecule is Fc1ccc(CNC(=S)NCCc2ccc(Cl)cc2)cc1. The minimum absolute atomic E-state index is 0.234. The van der Waals surface area contributed by atoms with Crippen molar-refractivity contribution in [1.29, 1.82) is 0 Å². The van der Waals surface area contributed by atoms with Gasteiger partial charge in [0.15, 0.2) is 5.11 Å². The number of nitrogens with one attached hydrogen (secondary N) is 2. The zero-order valence-corrected chi connectivity index (χ0v) is 13.0. The molecule has 0 spiro atoms.